The number of hydrogen-bond acceptors (Lipinski definition) is 4. The maximum atomic E-state index is 5.73. The quantitative estimate of drug-likeness (QED) is 0.264. The zero-order valence-corrected chi connectivity index (χ0v) is 18.2. The normalized spacial score (nSPS) is 11.2. The standard InChI is InChI=1S/C19H28N4O2.HI/c1-5-20-19(22-13-17-12-18(14(2)3)23-25-17)21-9-10-24-16-8-6-7-15(4)11-16;/h6-8,11-12,14H,5,9-10,13H2,1-4H3,(H2,20,21,22);1H. The van der Waals surface area contributed by atoms with Crippen LogP contribution in [-0.2, 0) is 6.54 Å². The summed E-state index contributed by atoms with van der Waals surface area (Å²) in [4.78, 5) is 4.52. The van der Waals surface area contributed by atoms with Crippen molar-refractivity contribution >= 4 is 29.9 Å². The van der Waals surface area contributed by atoms with Crippen molar-refractivity contribution in [1.82, 2.24) is 15.8 Å². The molecule has 0 radical (unpaired) electrons. The lowest BCUT2D eigenvalue weighted by Crippen LogP contribution is -2.39. The summed E-state index contributed by atoms with van der Waals surface area (Å²) in [6.45, 7) is 10.7. The van der Waals surface area contributed by atoms with Crippen molar-refractivity contribution in [3.8, 4) is 5.75 Å². The highest BCUT2D eigenvalue weighted by Crippen LogP contribution is 2.14. The van der Waals surface area contributed by atoms with E-state index in [9.17, 15) is 0 Å². The summed E-state index contributed by atoms with van der Waals surface area (Å²) in [6, 6.07) is 9.98. The largest absolute Gasteiger partial charge is 0.492 e. The predicted octanol–water partition coefficient (Wildman–Crippen LogP) is 3.86. The molecule has 0 saturated heterocycles. The molecule has 144 valence electrons. The number of hydrogen-bond donors (Lipinski definition) is 2. The van der Waals surface area contributed by atoms with Crippen molar-refractivity contribution in [3.63, 3.8) is 0 Å². The van der Waals surface area contributed by atoms with Crippen LogP contribution in [0.5, 0.6) is 5.75 Å². The second-order valence-corrected chi connectivity index (χ2v) is 6.16. The van der Waals surface area contributed by atoms with Gasteiger partial charge in [-0.15, -0.1) is 24.0 Å². The molecule has 0 bridgehead atoms. The highest BCUT2D eigenvalue weighted by molar-refractivity contribution is 14.0. The summed E-state index contributed by atoms with van der Waals surface area (Å²) in [5, 5.41) is 10.5. The number of benzene rings is 1. The number of aliphatic imine (C=N–C) groups is 1. The third-order valence-corrected chi connectivity index (χ3v) is 3.56. The van der Waals surface area contributed by atoms with E-state index in [1.807, 2.05) is 31.2 Å². The Morgan fingerprint density at radius 1 is 1.27 bits per heavy atom. The Bertz CT molecular complexity index is 686. The fraction of sp³-hybridized carbons (Fsp3) is 0.474. The molecule has 2 rings (SSSR count). The first-order valence-corrected chi connectivity index (χ1v) is 8.75. The van der Waals surface area contributed by atoms with Gasteiger partial charge in [-0.25, -0.2) is 4.99 Å². The SMILES string of the molecule is CCNC(=NCc1cc(C(C)C)no1)NCCOc1cccc(C)c1.I. The molecule has 6 nitrogen and oxygen atoms in total. The molecule has 1 aromatic heterocycles. The summed E-state index contributed by atoms with van der Waals surface area (Å²) in [6.07, 6.45) is 0. The Labute approximate surface area is 172 Å². The summed E-state index contributed by atoms with van der Waals surface area (Å²) in [5.41, 5.74) is 2.14. The molecule has 0 aliphatic carbocycles. The lowest BCUT2D eigenvalue weighted by Gasteiger charge is -2.12. The number of rotatable bonds is 8. The van der Waals surface area contributed by atoms with Gasteiger partial charge in [0.15, 0.2) is 11.7 Å². The first-order valence-electron chi connectivity index (χ1n) is 8.75. The van der Waals surface area contributed by atoms with Crippen molar-refractivity contribution < 1.29 is 9.26 Å². The smallest absolute Gasteiger partial charge is 0.191 e. The fourth-order valence-electron chi connectivity index (χ4n) is 2.22. The van der Waals surface area contributed by atoms with Crippen molar-refractivity contribution in [2.45, 2.75) is 40.2 Å². The van der Waals surface area contributed by atoms with Crippen LogP contribution >= 0.6 is 24.0 Å². The highest BCUT2D eigenvalue weighted by Gasteiger charge is 2.07. The minimum atomic E-state index is 0. The molecule has 2 N–H and O–H groups in total. The van der Waals surface area contributed by atoms with Crippen molar-refractivity contribution in [2.24, 2.45) is 4.99 Å². The summed E-state index contributed by atoms with van der Waals surface area (Å²) in [5.74, 6) is 2.73. The highest BCUT2D eigenvalue weighted by atomic mass is 127. The molecule has 0 aliphatic rings. The van der Waals surface area contributed by atoms with Gasteiger partial charge in [-0.1, -0.05) is 31.1 Å². The van der Waals surface area contributed by atoms with Crippen molar-refractivity contribution in [3.05, 3.63) is 47.3 Å². The predicted molar refractivity (Wildman–Crippen MR) is 115 cm³/mol. The maximum Gasteiger partial charge on any atom is 0.191 e. The third kappa shape index (κ3) is 7.63. The van der Waals surface area contributed by atoms with Gasteiger partial charge in [0.05, 0.1) is 12.2 Å². The van der Waals surface area contributed by atoms with Gasteiger partial charge in [0.1, 0.15) is 18.9 Å². The minimum Gasteiger partial charge on any atom is -0.492 e. The van der Waals surface area contributed by atoms with E-state index in [1.54, 1.807) is 0 Å². The molecule has 0 fully saturated rings. The zero-order valence-electron chi connectivity index (χ0n) is 15.9. The second kappa shape index (κ2) is 11.8. The average molecular weight is 472 g/mol. The number of nitrogens with one attached hydrogen (secondary N) is 2. The fourth-order valence-corrected chi connectivity index (χ4v) is 2.22. The maximum absolute atomic E-state index is 5.73. The molecule has 2 aromatic rings. The number of halogens is 1. The van der Waals surface area contributed by atoms with Crippen LogP contribution in [-0.4, -0.2) is 30.8 Å². The van der Waals surface area contributed by atoms with E-state index in [2.05, 4.69) is 47.6 Å². The molecule has 0 unspecified atom stereocenters. The second-order valence-electron chi connectivity index (χ2n) is 6.16. The van der Waals surface area contributed by atoms with Gasteiger partial charge < -0.3 is 19.9 Å². The van der Waals surface area contributed by atoms with E-state index in [4.69, 9.17) is 9.26 Å². The molecule has 7 heteroatoms. The van der Waals surface area contributed by atoms with Gasteiger partial charge in [-0.3, -0.25) is 0 Å². The number of aromatic nitrogens is 1. The van der Waals surface area contributed by atoms with Crippen LogP contribution in [0.1, 0.15) is 43.7 Å². The molecular weight excluding hydrogens is 443 g/mol. The molecule has 0 spiro atoms. The van der Waals surface area contributed by atoms with Gasteiger partial charge in [-0.05, 0) is 37.5 Å². The van der Waals surface area contributed by atoms with E-state index >= 15 is 0 Å². The zero-order chi connectivity index (χ0) is 18.1. The summed E-state index contributed by atoms with van der Waals surface area (Å²) >= 11 is 0. The minimum absolute atomic E-state index is 0. The van der Waals surface area contributed by atoms with E-state index < -0.39 is 0 Å². The van der Waals surface area contributed by atoms with Crippen LogP contribution in [0.25, 0.3) is 0 Å². The summed E-state index contributed by atoms with van der Waals surface area (Å²) in [7, 11) is 0. The monoisotopic (exact) mass is 472 g/mol. The third-order valence-electron chi connectivity index (χ3n) is 3.56. The Morgan fingerprint density at radius 2 is 2.08 bits per heavy atom. The van der Waals surface area contributed by atoms with E-state index in [0.29, 0.717) is 25.6 Å². The Kier molecular flexibility index (Phi) is 10.1. The molecule has 0 atom stereocenters. The average Bonchev–Trinajstić information content (AvgIpc) is 3.06. The first-order chi connectivity index (χ1) is 12.1. The molecule has 0 amide bonds. The number of ether oxygens (including phenoxy) is 1. The molecular formula is C19H29IN4O2. The first kappa shape index (κ1) is 22.3. The summed E-state index contributed by atoms with van der Waals surface area (Å²) < 4.78 is 11.0. The van der Waals surface area contributed by atoms with Gasteiger partial charge in [0.25, 0.3) is 0 Å². The van der Waals surface area contributed by atoms with Gasteiger partial charge in [0, 0.05) is 12.6 Å². The molecule has 1 aromatic carbocycles. The Balaban J connectivity index is 0.00000338. The van der Waals surface area contributed by atoms with Crippen LogP contribution in [0.3, 0.4) is 0 Å². The van der Waals surface area contributed by atoms with Crippen LogP contribution in [0, 0.1) is 6.92 Å². The van der Waals surface area contributed by atoms with Gasteiger partial charge >= 0.3 is 0 Å². The van der Waals surface area contributed by atoms with Crippen molar-refractivity contribution in [2.75, 3.05) is 19.7 Å². The number of nitrogens with zero attached hydrogens (tertiary/aromatic N) is 2. The van der Waals surface area contributed by atoms with Crippen LogP contribution in [0.2, 0.25) is 0 Å². The lowest BCUT2D eigenvalue weighted by atomic mass is 10.1. The Morgan fingerprint density at radius 3 is 2.73 bits per heavy atom. The van der Waals surface area contributed by atoms with E-state index in [0.717, 1.165) is 29.7 Å². The van der Waals surface area contributed by atoms with Crippen LogP contribution in [0.4, 0.5) is 0 Å². The van der Waals surface area contributed by atoms with E-state index in [-0.39, 0.29) is 24.0 Å². The molecule has 26 heavy (non-hydrogen) atoms. The molecule has 0 aliphatic heterocycles. The molecule has 1 heterocycles. The lowest BCUT2D eigenvalue weighted by molar-refractivity contribution is 0.321. The van der Waals surface area contributed by atoms with Gasteiger partial charge in [-0.2, -0.15) is 0 Å². The molecule has 0 saturated carbocycles. The van der Waals surface area contributed by atoms with Crippen LogP contribution < -0.4 is 15.4 Å². The van der Waals surface area contributed by atoms with Gasteiger partial charge in [0.2, 0.25) is 0 Å². The number of guanidine groups is 1. The number of aryl methyl sites for hydroxylation is 1. The Hall–Kier alpha value is -1.77. The van der Waals surface area contributed by atoms with E-state index in [1.165, 1.54) is 5.56 Å². The topological polar surface area (TPSA) is 71.7 Å². The van der Waals surface area contributed by atoms with Crippen molar-refractivity contribution in [1.29, 1.82) is 0 Å². The van der Waals surface area contributed by atoms with Crippen LogP contribution in [0.15, 0.2) is 39.8 Å².